The summed E-state index contributed by atoms with van der Waals surface area (Å²) in [6.45, 7) is 7.20. The maximum atomic E-state index is 11.0. The maximum absolute atomic E-state index is 11.0. The van der Waals surface area contributed by atoms with Crippen LogP contribution in [0.15, 0.2) is 48.8 Å². The lowest BCUT2D eigenvalue weighted by Crippen LogP contribution is -2.45. The van der Waals surface area contributed by atoms with Gasteiger partial charge in [-0.2, -0.15) is 0 Å². The summed E-state index contributed by atoms with van der Waals surface area (Å²) in [5, 5.41) is 9.06. The van der Waals surface area contributed by atoms with Crippen molar-refractivity contribution in [3.8, 4) is 5.75 Å². The van der Waals surface area contributed by atoms with Crippen molar-refractivity contribution in [1.29, 1.82) is 0 Å². The van der Waals surface area contributed by atoms with Gasteiger partial charge in [-0.3, -0.25) is 14.8 Å². The summed E-state index contributed by atoms with van der Waals surface area (Å²) in [6.07, 6.45) is 2.86. The first kappa shape index (κ1) is 18.4. The van der Waals surface area contributed by atoms with Crippen LogP contribution in [-0.4, -0.2) is 58.1 Å². The van der Waals surface area contributed by atoms with Crippen molar-refractivity contribution >= 4 is 5.97 Å². The molecule has 0 radical (unpaired) electrons. The molecule has 1 aromatic carbocycles. The fraction of sp³-hybridized carbons (Fsp3) is 0.400. The molecule has 1 aliphatic heterocycles. The Bertz CT molecular complexity index is 715. The van der Waals surface area contributed by atoms with E-state index in [2.05, 4.69) is 20.9 Å². The quantitative estimate of drug-likeness (QED) is 0.822. The lowest BCUT2D eigenvalue weighted by Gasteiger charge is -2.35. The fourth-order valence-electron chi connectivity index (χ4n) is 3.09. The number of carboxylic acids is 1. The van der Waals surface area contributed by atoms with Crippen LogP contribution < -0.4 is 4.74 Å². The number of hydrogen-bond donors (Lipinski definition) is 1. The minimum atomic E-state index is -0.955. The van der Waals surface area contributed by atoms with E-state index in [0.29, 0.717) is 5.75 Å². The third kappa shape index (κ3) is 5.03. The Kier molecular flexibility index (Phi) is 6.20. The molecule has 1 aliphatic rings. The number of aromatic nitrogens is 1. The van der Waals surface area contributed by atoms with E-state index in [0.717, 1.165) is 44.8 Å². The smallest absolute Gasteiger partial charge is 0.344 e. The van der Waals surface area contributed by atoms with Crippen molar-refractivity contribution in [2.45, 2.75) is 26.1 Å². The fourth-order valence-corrected chi connectivity index (χ4v) is 3.09. The number of pyridine rings is 1. The number of aliphatic carboxylic acids is 1. The Morgan fingerprint density at radius 1 is 1.12 bits per heavy atom. The molecule has 0 bridgehead atoms. The molecule has 6 heteroatoms. The summed E-state index contributed by atoms with van der Waals surface area (Å²) in [6, 6.07) is 11.8. The van der Waals surface area contributed by atoms with Crippen LogP contribution in [0.2, 0.25) is 0 Å². The molecule has 1 fully saturated rings. The zero-order valence-electron chi connectivity index (χ0n) is 15.0. The van der Waals surface area contributed by atoms with Crippen molar-refractivity contribution in [2.75, 3.05) is 26.2 Å². The average molecular weight is 355 g/mol. The van der Waals surface area contributed by atoms with Gasteiger partial charge in [0.15, 0.2) is 6.10 Å². The monoisotopic (exact) mass is 355 g/mol. The standard InChI is InChI=1S/C20H25N3O3/c1-16(20(24)25)26-19-7-3-2-6-18(19)15-23-11-9-22(10-12-23)14-17-5-4-8-21-13-17/h2-8,13,16H,9-12,14-15H2,1H3,(H,24,25)/t16-/m1/s1. The zero-order chi connectivity index (χ0) is 18.4. The maximum Gasteiger partial charge on any atom is 0.344 e. The van der Waals surface area contributed by atoms with Gasteiger partial charge in [0.05, 0.1) is 0 Å². The van der Waals surface area contributed by atoms with E-state index in [1.807, 2.05) is 36.5 Å². The highest BCUT2D eigenvalue weighted by molar-refractivity contribution is 5.72. The van der Waals surface area contributed by atoms with Crippen LogP contribution in [-0.2, 0) is 17.9 Å². The number of para-hydroxylation sites is 1. The normalized spacial score (nSPS) is 17.0. The Labute approximate surface area is 154 Å². The first-order chi connectivity index (χ1) is 12.6. The molecule has 0 saturated carbocycles. The topological polar surface area (TPSA) is 65.9 Å². The summed E-state index contributed by atoms with van der Waals surface area (Å²) in [4.78, 5) is 20.0. The van der Waals surface area contributed by atoms with Gasteiger partial charge in [0.25, 0.3) is 0 Å². The lowest BCUT2D eigenvalue weighted by molar-refractivity contribution is -0.144. The Morgan fingerprint density at radius 3 is 2.46 bits per heavy atom. The Hall–Kier alpha value is -2.44. The minimum Gasteiger partial charge on any atom is -0.479 e. The minimum absolute atomic E-state index is 0.653. The molecule has 138 valence electrons. The van der Waals surface area contributed by atoms with E-state index in [1.165, 1.54) is 5.56 Å². The molecule has 0 spiro atoms. The highest BCUT2D eigenvalue weighted by atomic mass is 16.5. The number of hydrogen-bond acceptors (Lipinski definition) is 5. The van der Waals surface area contributed by atoms with Crippen LogP contribution >= 0.6 is 0 Å². The molecular formula is C20H25N3O3. The van der Waals surface area contributed by atoms with Crippen LogP contribution in [0.3, 0.4) is 0 Å². The third-order valence-electron chi connectivity index (χ3n) is 4.61. The number of ether oxygens (including phenoxy) is 1. The number of piperazine rings is 1. The second kappa shape index (κ2) is 8.78. The predicted molar refractivity (Wildman–Crippen MR) is 99.0 cm³/mol. The van der Waals surface area contributed by atoms with Gasteiger partial charge in [-0.05, 0) is 24.6 Å². The number of benzene rings is 1. The molecule has 26 heavy (non-hydrogen) atoms. The predicted octanol–water partition coefficient (Wildman–Crippen LogP) is 2.25. The molecule has 1 N–H and O–H groups in total. The number of rotatable bonds is 7. The van der Waals surface area contributed by atoms with Crippen LogP contribution in [0, 0.1) is 0 Å². The van der Waals surface area contributed by atoms with Crippen LogP contribution in [0.4, 0.5) is 0 Å². The van der Waals surface area contributed by atoms with Gasteiger partial charge in [0.1, 0.15) is 5.75 Å². The van der Waals surface area contributed by atoms with Gasteiger partial charge < -0.3 is 9.84 Å². The largest absolute Gasteiger partial charge is 0.479 e. The summed E-state index contributed by atoms with van der Waals surface area (Å²) in [5.41, 5.74) is 2.27. The van der Waals surface area contributed by atoms with Crippen molar-refractivity contribution in [1.82, 2.24) is 14.8 Å². The van der Waals surface area contributed by atoms with Gasteiger partial charge in [0, 0.05) is 57.2 Å². The Morgan fingerprint density at radius 2 is 1.81 bits per heavy atom. The molecule has 1 atom stereocenters. The molecule has 0 amide bonds. The van der Waals surface area contributed by atoms with Gasteiger partial charge in [-0.15, -0.1) is 0 Å². The summed E-state index contributed by atoms with van der Waals surface area (Å²) in [5.74, 6) is -0.302. The average Bonchev–Trinajstić information content (AvgIpc) is 2.65. The zero-order valence-corrected chi connectivity index (χ0v) is 15.0. The van der Waals surface area contributed by atoms with Crippen LogP contribution in [0.1, 0.15) is 18.1 Å². The Balaban J connectivity index is 1.54. The number of carbonyl (C=O) groups is 1. The molecule has 6 nitrogen and oxygen atoms in total. The summed E-state index contributed by atoms with van der Waals surface area (Å²) in [7, 11) is 0. The van der Waals surface area contributed by atoms with Gasteiger partial charge in [-0.25, -0.2) is 4.79 Å². The molecule has 2 heterocycles. The SMILES string of the molecule is C[C@@H](Oc1ccccc1CN1CCN(Cc2cccnc2)CC1)C(=O)O. The van der Waals surface area contributed by atoms with Gasteiger partial charge in [0.2, 0.25) is 0 Å². The van der Waals surface area contributed by atoms with Crippen LogP contribution in [0.25, 0.3) is 0 Å². The first-order valence-corrected chi connectivity index (χ1v) is 8.93. The molecular weight excluding hydrogens is 330 g/mol. The van der Waals surface area contributed by atoms with Gasteiger partial charge in [-0.1, -0.05) is 24.3 Å². The summed E-state index contributed by atoms with van der Waals surface area (Å²) < 4.78 is 5.61. The molecule has 1 saturated heterocycles. The van der Waals surface area contributed by atoms with Crippen LogP contribution in [0.5, 0.6) is 5.75 Å². The second-order valence-corrected chi connectivity index (χ2v) is 6.62. The van der Waals surface area contributed by atoms with Crippen molar-refractivity contribution in [2.24, 2.45) is 0 Å². The third-order valence-corrected chi connectivity index (χ3v) is 4.61. The van der Waals surface area contributed by atoms with Crippen molar-refractivity contribution in [3.63, 3.8) is 0 Å². The second-order valence-electron chi connectivity index (χ2n) is 6.62. The van der Waals surface area contributed by atoms with E-state index < -0.39 is 12.1 Å². The van der Waals surface area contributed by atoms with E-state index in [1.54, 1.807) is 13.1 Å². The molecule has 0 unspecified atom stereocenters. The van der Waals surface area contributed by atoms with E-state index in [4.69, 9.17) is 9.84 Å². The molecule has 3 rings (SSSR count). The number of carboxylic acid groups (broad SMARTS) is 1. The van der Waals surface area contributed by atoms with Crippen molar-refractivity contribution < 1.29 is 14.6 Å². The molecule has 0 aliphatic carbocycles. The van der Waals surface area contributed by atoms with Gasteiger partial charge >= 0.3 is 5.97 Å². The highest BCUT2D eigenvalue weighted by Crippen LogP contribution is 2.22. The van der Waals surface area contributed by atoms with E-state index >= 15 is 0 Å². The highest BCUT2D eigenvalue weighted by Gasteiger charge is 2.20. The summed E-state index contributed by atoms with van der Waals surface area (Å²) >= 11 is 0. The first-order valence-electron chi connectivity index (χ1n) is 8.93. The lowest BCUT2D eigenvalue weighted by atomic mass is 10.1. The van der Waals surface area contributed by atoms with Crippen molar-refractivity contribution in [3.05, 3.63) is 59.9 Å². The van der Waals surface area contributed by atoms with E-state index in [9.17, 15) is 4.79 Å². The molecule has 2 aromatic rings. The number of nitrogens with zero attached hydrogens (tertiary/aromatic N) is 3. The molecule has 1 aromatic heterocycles. The van der Waals surface area contributed by atoms with E-state index in [-0.39, 0.29) is 0 Å².